The van der Waals surface area contributed by atoms with Crippen LogP contribution in [0.4, 0.5) is 18.9 Å². The molecule has 0 atom stereocenters. The van der Waals surface area contributed by atoms with Crippen molar-refractivity contribution in [2.24, 2.45) is 0 Å². The van der Waals surface area contributed by atoms with E-state index >= 15 is 0 Å². The number of hydrogen-bond donors (Lipinski definition) is 0. The molecule has 1 fully saturated rings. The number of aromatic nitrogens is 2. The number of alkyl halides is 3. The molecular weight excluding hydrogens is 409 g/mol. The monoisotopic (exact) mass is 430 g/mol. The van der Waals surface area contributed by atoms with Gasteiger partial charge in [0.1, 0.15) is 12.3 Å². The summed E-state index contributed by atoms with van der Waals surface area (Å²) >= 11 is 6.06. The number of rotatable bonds is 4. The van der Waals surface area contributed by atoms with E-state index in [0.29, 0.717) is 42.6 Å². The highest BCUT2D eigenvalue weighted by molar-refractivity contribution is 6.32. The maximum atomic E-state index is 13.0. The minimum atomic E-state index is -4.53. The third kappa shape index (κ3) is 4.44. The molecule has 0 N–H and O–H groups in total. The Kier molecular flexibility index (Phi) is 5.97. The summed E-state index contributed by atoms with van der Waals surface area (Å²) in [6.45, 7) is 4.83. The predicted octanol–water partition coefficient (Wildman–Crippen LogP) is 3.53. The van der Waals surface area contributed by atoms with Crippen LogP contribution in [0.25, 0.3) is 0 Å². The molecule has 0 spiro atoms. The predicted molar refractivity (Wildman–Crippen MR) is 104 cm³/mol. The Hall–Kier alpha value is -2.42. The average Bonchev–Trinajstić information content (AvgIpc) is 2.97. The zero-order valence-corrected chi connectivity index (χ0v) is 17.1. The second-order valence-corrected chi connectivity index (χ2v) is 7.31. The fourth-order valence-electron chi connectivity index (χ4n) is 3.35. The van der Waals surface area contributed by atoms with E-state index in [2.05, 4.69) is 10.00 Å². The Balaban J connectivity index is 1.64. The minimum absolute atomic E-state index is 0.0480. The van der Waals surface area contributed by atoms with Crippen LogP contribution < -0.4 is 9.64 Å². The summed E-state index contributed by atoms with van der Waals surface area (Å²) in [4.78, 5) is 16.4. The summed E-state index contributed by atoms with van der Waals surface area (Å²) in [7, 11) is 1.55. The van der Waals surface area contributed by atoms with Gasteiger partial charge in [-0.05, 0) is 26.0 Å². The largest absolute Gasteiger partial charge is 0.495 e. The van der Waals surface area contributed by atoms with Gasteiger partial charge in [0.15, 0.2) is 5.69 Å². The van der Waals surface area contributed by atoms with E-state index in [1.54, 1.807) is 18.1 Å². The third-order valence-corrected chi connectivity index (χ3v) is 5.50. The molecule has 10 heteroatoms. The highest BCUT2D eigenvalue weighted by atomic mass is 35.5. The highest BCUT2D eigenvalue weighted by Crippen LogP contribution is 2.32. The fraction of sp³-hybridized carbons (Fsp3) is 0.474. The molecule has 1 aliphatic heterocycles. The van der Waals surface area contributed by atoms with Crippen molar-refractivity contribution in [3.05, 3.63) is 40.2 Å². The summed E-state index contributed by atoms with van der Waals surface area (Å²) in [5.74, 6) is 0.324. The lowest BCUT2D eigenvalue weighted by molar-refractivity contribution is -0.142. The van der Waals surface area contributed by atoms with Gasteiger partial charge in [-0.25, -0.2) is 0 Å². The molecule has 0 unspecified atom stereocenters. The maximum absolute atomic E-state index is 13.0. The van der Waals surface area contributed by atoms with E-state index in [1.807, 2.05) is 12.1 Å². The van der Waals surface area contributed by atoms with Crippen molar-refractivity contribution in [3.63, 3.8) is 0 Å². The second kappa shape index (κ2) is 8.14. The van der Waals surface area contributed by atoms with Crippen LogP contribution in [0.15, 0.2) is 18.2 Å². The minimum Gasteiger partial charge on any atom is -0.495 e. The number of carbonyl (C=O) groups is 1. The zero-order chi connectivity index (χ0) is 21.3. The SMILES string of the molecule is COc1cc(N2CCN(C(=O)Cn3nc(C(F)(F)F)c(C)c3C)CC2)ccc1Cl. The summed E-state index contributed by atoms with van der Waals surface area (Å²) in [6.07, 6.45) is -4.53. The molecule has 3 rings (SSSR count). The van der Waals surface area contributed by atoms with Crippen molar-refractivity contribution in [2.75, 3.05) is 38.2 Å². The van der Waals surface area contributed by atoms with Crippen LogP contribution in [0.1, 0.15) is 17.0 Å². The van der Waals surface area contributed by atoms with Crippen LogP contribution >= 0.6 is 11.6 Å². The molecule has 1 aromatic heterocycles. The first kappa shape index (κ1) is 21.3. The summed E-state index contributed by atoms with van der Waals surface area (Å²) in [5, 5.41) is 4.13. The van der Waals surface area contributed by atoms with Crippen LogP contribution in [0.5, 0.6) is 5.75 Å². The standard InChI is InChI=1S/C19H22ClF3N4O2/c1-12-13(2)27(24-18(12)19(21,22)23)11-17(28)26-8-6-25(7-9-26)14-4-5-15(20)16(10-14)29-3/h4-5,10H,6-9,11H2,1-3H3. The van der Waals surface area contributed by atoms with E-state index in [-0.39, 0.29) is 18.0 Å². The van der Waals surface area contributed by atoms with Crippen molar-refractivity contribution in [3.8, 4) is 5.75 Å². The van der Waals surface area contributed by atoms with Gasteiger partial charge in [0.05, 0.1) is 12.1 Å². The quantitative estimate of drug-likeness (QED) is 0.744. The first-order valence-electron chi connectivity index (χ1n) is 9.09. The number of ether oxygens (including phenoxy) is 1. The summed E-state index contributed by atoms with van der Waals surface area (Å²) in [5.41, 5.74) is 0.389. The van der Waals surface area contributed by atoms with Gasteiger partial charge >= 0.3 is 6.18 Å². The Bertz CT molecular complexity index is 906. The molecule has 1 aromatic carbocycles. The lowest BCUT2D eigenvalue weighted by Gasteiger charge is -2.36. The summed E-state index contributed by atoms with van der Waals surface area (Å²) < 4.78 is 45.4. The van der Waals surface area contributed by atoms with E-state index in [9.17, 15) is 18.0 Å². The number of hydrogen-bond acceptors (Lipinski definition) is 4. The Labute approximate surface area is 171 Å². The molecule has 2 heterocycles. The van der Waals surface area contributed by atoms with Gasteiger partial charge in [-0.1, -0.05) is 11.6 Å². The van der Waals surface area contributed by atoms with Crippen LogP contribution in [-0.2, 0) is 17.5 Å². The van der Waals surface area contributed by atoms with Crippen molar-refractivity contribution in [1.82, 2.24) is 14.7 Å². The topological polar surface area (TPSA) is 50.6 Å². The number of carbonyl (C=O) groups excluding carboxylic acids is 1. The number of nitrogens with zero attached hydrogens (tertiary/aromatic N) is 4. The molecule has 0 saturated carbocycles. The zero-order valence-electron chi connectivity index (χ0n) is 16.4. The number of piperazine rings is 1. The van der Waals surface area contributed by atoms with Gasteiger partial charge in [-0.15, -0.1) is 0 Å². The Morgan fingerprint density at radius 2 is 1.86 bits per heavy atom. The van der Waals surface area contributed by atoms with Crippen LogP contribution in [0.3, 0.4) is 0 Å². The van der Waals surface area contributed by atoms with E-state index < -0.39 is 11.9 Å². The molecule has 0 bridgehead atoms. The average molecular weight is 431 g/mol. The molecule has 0 aliphatic carbocycles. The van der Waals surface area contributed by atoms with Crippen molar-refractivity contribution in [2.45, 2.75) is 26.6 Å². The molecule has 1 amide bonds. The Morgan fingerprint density at radius 1 is 1.21 bits per heavy atom. The van der Waals surface area contributed by atoms with Gasteiger partial charge in [-0.2, -0.15) is 18.3 Å². The first-order valence-corrected chi connectivity index (χ1v) is 9.47. The molecule has 0 radical (unpaired) electrons. The lowest BCUT2D eigenvalue weighted by atomic mass is 10.2. The lowest BCUT2D eigenvalue weighted by Crippen LogP contribution is -2.49. The van der Waals surface area contributed by atoms with Crippen LogP contribution in [-0.4, -0.2) is 53.9 Å². The van der Waals surface area contributed by atoms with Crippen molar-refractivity contribution >= 4 is 23.2 Å². The maximum Gasteiger partial charge on any atom is 0.435 e. The van der Waals surface area contributed by atoms with Gasteiger partial charge < -0.3 is 14.5 Å². The van der Waals surface area contributed by atoms with E-state index in [1.165, 1.54) is 13.8 Å². The van der Waals surface area contributed by atoms with Gasteiger partial charge in [0.2, 0.25) is 5.91 Å². The number of methoxy groups -OCH3 is 1. The number of amides is 1. The van der Waals surface area contributed by atoms with Gasteiger partial charge in [0, 0.05) is 49.2 Å². The number of anilines is 1. The highest BCUT2D eigenvalue weighted by Gasteiger charge is 2.37. The smallest absolute Gasteiger partial charge is 0.435 e. The third-order valence-electron chi connectivity index (χ3n) is 5.19. The normalized spacial score (nSPS) is 15.0. The molecule has 29 heavy (non-hydrogen) atoms. The Morgan fingerprint density at radius 3 is 2.41 bits per heavy atom. The summed E-state index contributed by atoms with van der Waals surface area (Å²) in [6, 6.07) is 5.49. The van der Waals surface area contributed by atoms with Crippen molar-refractivity contribution in [1.29, 1.82) is 0 Å². The van der Waals surface area contributed by atoms with E-state index in [4.69, 9.17) is 16.3 Å². The molecule has 2 aromatic rings. The number of halogens is 4. The number of benzene rings is 1. The fourth-order valence-corrected chi connectivity index (χ4v) is 3.54. The van der Waals surface area contributed by atoms with Crippen LogP contribution in [0, 0.1) is 13.8 Å². The van der Waals surface area contributed by atoms with Crippen LogP contribution in [0.2, 0.25) is 5.02 Å². The van der Waals surface area contributed by atoms with Gasteiger partial charge in [-0.3, -0.25) is 9.48 Å². The van der Waals surface area contributed by atoms with Gasteiger partial charge in [0.25, 0.3) is 0 Å². The first-order chi connectivity index (χ1) is 13.6. The van der Waals surface area contributed by atoms with Crippen molar-refractivity contribution < 1.29 is 22.7 Å². The molecular formula is C19H22ClF3N4O2. The molecule has 1 saturated heterocycles. The molecule has 158 valence electrons. The molecule has 6 nitrogen and oxygen atoms in total. The molecule has 1 aliphatic rings. The van der Waals surface area contributed by atoms with E-state index in [0.717, 1.165) is 10.4 Å². The second-order valence-electron chi connectivity index (χ2n) is 6.90.